The number of thioether (sulfide) groups is 1. The van der Waals surface area contributed by atoms with Gasteiger partial charge in [-0.25, -0.2) is 4.79 Å². The van der Waals surface area contributed by atoms with Crippen molar-refractivity contribution < 1.29 is 18.8 Å². The third-order valence-corrected chi connectivity index (χ3v) is 13.4. The van der Waals surface area contributed by atoms with Crippen LogP contribution in [0.25, 0.3) is 0 Å². The summed E-state index contributed by atoms with van der Waals surface area (Å²) in [7, 11) is -2.80. The Labute approximate surface area is 262 Å². The number of fused-ring (bicyclic) bond motifs is 1. The topological polar surface area (TPSA) is 76.7 Å². The van der Waals surface area contributed by atoms with Gasteiger partial charge >= 0.3 is 14.4 Å². The first-order valence-corrected chi connectivity index (χ1v) is 18.4. The van der Waals surface area contributed by atoms with E-state index in [1.807, 2.05) is 39.2 Å². The van der Waals surface area contributed by atoms with Crippen LogP contribution in [0.5, 0.6) is 5.75 Å². The predicted octanol–water partition coefficient (Wildman–Crippen LogP) is 6.38. The summed E-state index contributed by atoms with van der Waals surface area (Å²) in [5, 5.41) is 8.29. The molecule has 3 aromatic carbocycles. The van der Waals surface area contributed by atoms with E-state index in [-0.39, 0.29) is 17.0 Å². The quantitative estimate of drug-likeness (QED) is 0.258. The number of carbonyl (C=O) groups excluding carboxylic acids is 2. The van der Waals surface area contributed by atoms with Crippen molar-refractivity contribution in [3.8, 4) is 5.75 Å². The zero-order valence-electron chi connectivity index (χ0n) is 26.5. The van der Waals surface area contributed by atoms with Gasteiger partial charge in [-0.1, -0.05) is 87.5 Å². The Morgan fingerprint density at radius 2 is 1.53 bits per heavy atom. The molecule has 4 rings (SSSR count). The summed E-state index contributed by atoms with van der Waals surface area (Å²) in [6, 6.07) is 26.7. The Balaban J connectivity index is 1.63. The van der Waals surface area contributed by atoms with Crippen molar-refractivity contribution in [2.45, 2.75) is 83.5 Å². The van der Waals surface area contributed by atoms with Crippen LogP contribution in [0.4, 0.5) is 4.79 Å². The van der Waals surface area contributed by atoms with Gasteiger partial charge in [-0.05, 0) is 90.7 Å². The van der Waals surface area contributed by atoms with Crippen LogP contribution in [0.1, 0.15) is 71.6 Å². The molecule has 0 saturated carbocycles. The van der Waals surface area contributed by atoms with Gasteiger partial charge in [0.05, 0.1) is 6.04 Å². The second kappa shape index (κ2) is 13.6. The number of alkyl carbamates (subject to hydrolysis) is 1. The first kappa shape index (κ1) is 32.7. The number of aryl methyl sites for hydroxylation is 1. The zero-order chi connectivity index (χ0) is 31.3. The molecular formula is C35H46N2O4SSi. The molecule has 3 aromatic rings. The summed E-state index contributed by atoms with van der Waals surface area (Å²) in [5.74, 6) is 1.35. The largest absolute Gasteiger partial charge is 0.534 e. The van der Waals surface area contributed by atoms with E-state index in [4.69, 9.17) is 9.16 Å². The van der Waals surface area contributed by atoms with Gasteiger partial charge in [0.1, 0.15) is 17.4 Å². The molecule has 0 unspecified atom stereocenters. The molecule has 1 aliphatic rings. The lowest BCUT2D eigenvalue weighted by Gasteiger charge is -2.43. The van der Waals surface area contributed by atoms with Crippen molar-refractivity contribution in [3.05, 3.63) is 90.0 Å². The molecule has 0 bridgehead atoms. The maximum atomic E-state index is 13.5. The SMILES string of the molecule is CSCC[C@@H](NC(=O)OC(C)(C)C)C(=O)N[C@@H]1CCc2ccc(O[Si](c3ccccc3)(c3ccccc3)C(C)(C)C)cc21. The van der Waals surface area contributed by atoms with Crippen LogP contribution in [0.2, 0.25) is 5.04 Å². The normalized spacial score (nSPS) is 15.7. The molecule has 2 atom stereocenters. The van der Waals surface area contributed by atoms with Crippen LogP contribution in [-0.4, -0.2) is 44.0 Å². The lowest BCUT2D eigenvalue weighted by molar-refractivity contribution is -0.124. The molecule has 8 heteroatoms. The third kappa shape index (κ3) is 7.84. The molecule has 0 aromatic heterocycles. The van der Waals surface area contributed by atoms with E-state index in [0.717, 1.165) is 29.9 Å². The van der Waals surface area contributed by atoms with Crippen molar-refractivity contribution >= 4 is 42.5 Å². The summed E-state index contributed by atoms with van der Waals surface area (Å²) in [4.78, 5) is 26.0. The number of hydrogen-bond acceptors (Lipinski definition) is 5. The zero-order valence-corrected chi connectivity index (χ0v) is 28.3. The summed E-state index contributed by atoms with van der Waals surface area (Å²) >= 11 is 1.64. The summed E-state index contributed by atoms with van der Waals surface area (Å²) in [6.07, 6.45) is 3.59. The summed E-state index contributed by atoms with van der Waals surface area (Å²) < 4.78 is 12.7. The molecule has 0 spiro atoms. The molecule has 0 radical (unpaired) electrons. The van der Waals surface area contributed by atoms with Crippen molar-refractivity contribution in [1.82, 2.24) is 10.6 Å². The smallest absolute Gasteiger partial charge is 0.408 e. The Bertz CT molecular complexity index is 1350. The molecule has 0 aliphatic heterocycles. The molecule has 2 N–H and O–H groups in total. The van der Waals surface area contributed by atoms with E-state index in [0.29, 0.717) is 6.42 Å². The van der Waals surface area contributed by atoms with Gasteiger partial charge in [-0.3, -0.25) is 4.79 Å². The van der Waals surface area contributed by atoms with Crippen LogP contribution in [0.3, 0.4) is 0 Å². The molecule has 2 amide bonds. The molecular weight excluding hydrogens is 573 g/mol. The van der Waals surface area contributed by atoms with Gasteiger partial charge in [0.15, 0.2) is 0 Å². The first-order valence-electron chi connectivity index (χ1n) is 15.1. The van der Waals surface area contributed by atoms with Crippen molar-refractivity contribution in [3.63, 3.8) is 0 Å². The Morgan fingerprint density at radius 3 is 2.07 bits per heavy atom. The van der Waals surface area contributed by atoms with Crippen LogP contribution in [-0.2, 0) is 16.0 Å². The number of nitrogens with one attached hydrogen (secondary N) is 2. The molecule has 0 saturated heterocycles. The second-order valence-electron chi connectivity index (χ2n) is 13.2. The van der Waals surface area contributed by atoms with E-state index in [1.165, 1.54) is 15.9 Å². The molecule has 43 heavy (non-hydrogen) atoms. The van der Waals surface area contributed by atoms with Gasteiger partial charge in [-0.2, -0.15) is 11.8 Å². The molecule has 1 aliphatic carbocycles. The van der Waals surface area contributed by atoms with E-state index < -0.39 is 26.1 Å². The number of benzene rings is 3. The van der Waals surface area contributed by atoms with Crippen molar-refractivity contribution in [2.24, 2.45) is 0 Å². The Kier molecular flexibility index (Phi) is 10.3. The minimum absolute atomic E-state index is 0.164. The first-order chi connectivity index (χ1) is 20.3. The van der Waals surface area contributed by atoms with Crippen LogP contribution in [0.15, 0.2) is 78.9 Å². The van der Waals surface area contributed by atoms with Crippen LogP contribution in [0, 0.1) is 0 Å². The summed E-state index contributed by atoms with van der Waals surface area (Å²) in [5.41, 5.74) is 1.64. The van der Waals surface area contributed by atoms with Gasteiger partial charge in [0, 0.05) is 0 Å². The van der Waals surface area contributed by atoms with E-state index >= 15 is 0 Å². The standard InChI is InChI=1S/C35H46N2O4SSi/c1-34(2,3)40-33(39)37-31(22-23-42-7)32(38)36-30-21-19-25-18-20-26(24-29(25)30)41-43(35(4,5)6,27-14-10-8-11-15-27)28-16-12-9-13-17-28/h8-18,20,24,30-31H,19,21-23H2,1-7H3,(H,36,38)(H,37,39)/t30-,31-/m1/s1. The Morgan fingerprint density at radius 1 is 0.930 bits per heavy atom. The van der Waals surface area contributed by atoms with Gasteiger partial charge in [0.25, 0.3) is 0 Å². The fourth-order valence-electron chi connectivity index (χ4n) is 5.85. The van der Waals surface area contributed by atoms with Crippen LogP contribution < -0.4 is 25.4 Å². The minimum atomic E-state index is -2.80. The maximum Gasteiger partial charge on any atom is 0.408 e. The van der Waals surface area contributed by atoms with E-state index in [9.17, 15) is 9.59 Å². The monoisotopic (exact) mass is 618 g/mol. The average molecular weight is 619 g/mol. The highest BCUT2D eigenvalue weighted by Gasteiger charge is 2.52. The third-order valence-electron chi connectivity index (χ3n) is 7.82. The van der Waals surface area contributed by atoms with Crippen molar-refractivity contribution in [2.75, 3.05) is 12.0 Å². The highest BCUT2D eigenvalue weighted by atomic mass is 32.2. The van der Waals surface area contributed by atoms with Crippen LogP contribution >= 0.6 is 11.8 Å². The highest BCUT2D eigenvalue weighted by molar-refractivity contribution is 7.98. The number of amides is 2. The average Bonchev–Trinajstić information content (AvgIpc) is 3.34. The Hall–Kier alpha value is -3.23. The van der Waals surface area contributed by atoms with E-state index in [2.05, 4.69) is 98.1 Å². The number of ether oxygens (including phenoxy) is 1. The highest BCUT2D eigenvalue weighted by Crippen LogP contribution is 2.40. The molecule has 0 heterocycles. The minimum Gasteiger partial charge on any atom is -0.534 e. The number of hydrogen-bond donors (Lipinski definition) is 2. The summed E-state index contributed by atoms with van der Waals surface area (Å²) in [6.45, 7) is 12.2. The lowest BCUT2D eigenvalue weighted by atomic mass is 10.1. The van der Waals surface area contributed by atoms with E-state index in [1.54, 1.807) is 11.8 Å². The fourth-order valence-corrected chi connectivity index (χ4v) is 10.7. The number of rotatable bonds is 10. The predicted molar refractivity (Wildman–Crippen MR) is 180 cm³/mol. The fraction of sp³-hybridized carbons (Fsp3) is 0.429. The van der Waals surface area contributed by atoms with Crippen molar-refractivity contribution in [1.29, 1.82) is 0 Å². The maximum absolute atomic E-state index is 13.5. The van der Waals surface area contributed by atoms with Gasteiger partial charge in [-0.15, -0.1) is 0 Å². The van der Waals surface area contributed by atoms with Gasteiger partial charge < -0.3 is 19.8 Å². The molecule has 6 nitrogen and oxygen atoms in total. The molecule has 0 fully saturated rings. The lowest BCUT2D eigenvalue weighted by Crippen LogP contribution is -2.68. The number of carbonyl (C=O) groups is 2. The molecule has 230 valence electrons. The van der Waals surface area contributed by atoms with Gasteiger partial charge in [0.2, 0.25) is 5.91 Å². The second-order valence-corrected chi connectivity index (χ2v) is 18.4.